The fourth-order valence-corrected chi connectivity index (χ4v) is 2.12. The standard InChI is InChI=1S/C11H19ClN6/c1-8-9(12)10(17-11(13)16-8)15-4-7-18-5-2-14-3-6-18/h14H,2-7H2,1H3,(H3,13,15,16,17). The Bertz CT molecular complexity index is 405. The summed E-state index contributed by atoms with van der Waals surface area (Å²) in [6.45, 7) is 7.87. The van der Waals surface area contributed by atoms with Gasteiger partial charge in [-0.05, 0) is 6.92 Å². The molecule has 0 aromatic carbocycles. The van der Waals surface area contributed by atoms with Crippen LogP contribution in [0.1, 0.15) is 5.69 Å². The third-order valence-corrected chi connectivity index (χ3v) is 3.42. The molecule has 2 rings (SSSR count). The number of nitrogen functional groups attached to an aromatic ring is 1. The fourth-order valence-electron chi connectivity index (χ4n) is 1.97. The number of hydrogen-bond acceptors (Lipinski definition) is 6. The van der Waals surface area contributed by atoms with E-state index in [1.54, 1.807) is 0 Å². The van der Waals surface area contributed by atoms with Crippen molar-refractivity contribution < 1.29 is 0 Å². The Hall–Kier alpha value is -1.11. The van der Waals surface area contributed by atoms with Gasteiger partial charge in [0.05, 0.1) is 5.69 Å². The molecule has 1 aliphatic rings. The molecule has 1 saturated heterocycles. The summed E-state index contributed by atoms with van der Waals surface area (Å²) < 4.78 is 0. The smallest absolute Gasteiger partial charge is 0.222 e. The molecule has 6 nitrogen and oxygen atoms in total. The van der Waals surface area contributed by atoms with E-state index in [0.29, 0.717) is 16.5 Å². The van der Waals surface area contributed by atoms with Crippen molar-refractivity contribution in [1.29, 1.82) is 0 Å². The van der Waals surface area contributed by atoms with Gasteiger partial charge in [0, 0.05) is 39.3 Å². The lowest BCUT2D eigenvalue weighted by molar-refractivity contribution is 0.249. The van der Waals surface area contributed by atoms with Crippen molar-refractivity contribution in [2.24, 2.45) is 0 Å². The van der Waals surface area contributed by atoms with Gasteiger partial charge >= 0.3 is 0 Å². The van der Waals surface area contributed by atoms with Gasteiger partial charge in [0.25, 0.3) is 0 Å². The first-order valence-electron chi connectivity index (χ1n) is 6.13. The minimum atomic E-state index is 0.251. The number of halogens is 1. The van der Waals surface area contributed by atoms with Gasteiger partial charge in [0.2, 0.25) is 5.95 Å². The van der Waals surface area contributed by atoms with Crippen molar-refractivity contribution >= 4 is 23.4 Å². The first-order valence-corrected chi connectivity index (χ1v) is 6.51. The summed E-state index contributed by atoms with van der Waals surface area (Å²) in [4.78, 5) is 10.5. The molecule has 1 aromatic rings. The number of piperazine rings is 1. The topological polar surface area (TPSA) is 79.1 Å². The first kappa shape index (κ1) is 13.3. The largest absolute Gasteiger partial charge is 0.368 e. The molecule has 0 atom stereocenters. The number of rotatable bonds is 4. The van der Waals surface area contributed by atoms with Crippen LogP contribution in [0, 0.1) is 6.92 Å². The molecule has 18 heavy (non-hydrogen) atoms. The van der Waals surface area contributed by atoms with Crippen LogP contribution in [0.4, 0.5) is 11.8 Å². The first-order chi connectivity index (χ1) is 8.66. The summed E-state index contributed by atoms with van der Waals surface area (Å²) in [5, 5.41) is 7.09. The average Bonchev–Trinajstić information content (AvgIpc) is 2.36. The Balaban J connectivity index is 1.86. The fraction of sp³-hybridized carbons (Fsp3) is 0.636. The SMILES string of the molecule is Cc1nc(N)nc(NCCN2CCNCC2)c1Cl. The number of nitrogens with two attached hydrogens (primary N) is 1. The van der Waals surface area contributed by atoms with Crippen LogP contribution in [0.2, 0.25) is 5.02 Å². The molecule has 0 saturated carbocycles. The van der Waals surface area contributed by atoms with Gasteiger partial charge in [-0.3, -0.25) is 4.90 Å². The minimum Gasteiger partial charge on any atom is -0.368 e. The lowest BCUT2D eigenvalue weighted by atomic mass is 10.3. The van der Waals surface area contributed by atoms with Crippen molar-refractivity contribution in [2.75, 3.05) is 50.3 Å². The molecule has 0 aliphatic carbocycles. The van der Waals surface area contributed by atoms with Gasteiger partial charge in [-0.25, -0.2) is 4.98 Å². The van der Waals surface area contributed by atoms with Gasteiger partial charge in [0.15, 0.2) is 5.82 Å². The van der Waals surface area contributed by atoms with Crippen LogP contribution in [0.25, 0.3) is 0 Å². The zero-order chi connectivity index (χ0) is 13.0. The van der Waals surface area contributed by atoms with Gasteiger partial charge in [0.1, 0.15) is 5.02 Å². The van der Waals surface area contributed by atoms with Crippen LogP contribution < -0.4 is 16.4 Å². The Morgan fingerprint density at radius 2 is 2.11 bits per heavy atom. The minimum absolute atomic E-state index is 0.251. The van der Waals surface area contributed by atoms with Crippen LogP contribution >= 0.6 is 11.6 Å². The Labute approximate surface area is 112 Å². The molecular weight excluding hydrogens is 252 g/mol. The maximum absolute atomic E-state index is 6.12. The Morgan fingerprint density at radius 3 is 2.83 bits per heavy atom. The molecule has 7 heteroatoms. The van der Waals surface area contributed by atoms with E-state index < -0.39 is 0 Å². The number of anilines is 2. The second-order valence-electron chi connectivity index (χ2n) is 4.35. The van der Waals surface area contributed by atoms with Gasteiger partial charge in [-0.15, -0.1) is 0 Å². The highest BCUT2D eigenvalue weighted by Gasteiger charge is 2.10. The van der Waals surface area contributed by atoms with Gasteiger partial charge in [-0.2, -0.15) is 4.98 Å². The molecule has 100 valence electrons. The average molecular weight is 271 g/mol. The summed E-state index contributed by atoms with van der Waals surface area (Å²) >= 11 is 6.12. The second kappa shape index (κ2) is 6.17. The lowest BCUT2D eigenvalue weighted by Crippen LogP contribution is -2.45. The van der Waals surface area contributed by atoms with Crippen molar-refractivity contribution in [1.82, 2.24) is 20.2 Å². The molecule has 0 bridgehead atoms. The molecule has 1 fully saturated rings. The van der Waals surface area contributed by atoms with Crippen LogP contribution in [-0.4, -0.2) is 54.1 Å². The van der Waals surface area contributed by atoms with Crippen LogP contribution in [0.3, 0.4) is 0 Å². The zero-order valence-corrected chi connectivity index (χ0v) is 11.3. The maximum atomic E-state index is 6.12. The van der Waals surface area contributed by atoms with E-state index in [2.05, 4.69) is 25.5 Å². The Kier molecular flexibility index (Phi) is 4.57. The van der Waals surface area contributed by atoms with E-state index in [4.69, 9.17) is 17.3 Å². The van der Waals surface area contributed by atoms with Crippen LogP contribution in [0.5, 0.6) is 0 Å². The van der Waals surface area contributed by atoms with Gasteiger partial charge < -0.3 is 16.4 Å². The molecule has 0 unspecified atom stereocenters. The zero-order valence-electron chi connectivity index (χ0n) is 10.5. The van der Waals surface area contributed by atoms with E-state index in [1.165, 1.54) is 0 Å². The van der Waals surface area contributed by atoms with Crippen molar-refractivity contribution in [3.8, 4) is 0 Å². The number of aromatic nitrogens is 2. The third kappa shape index (κ3) is 3.44. The highest BCUT2D eigenvalue weighted by Crippen LogP contribution is 2.22. The third-order valence-electron chi connectivity index (χ3n) is 2.96. The summed E-state index contributed by atoms with van der Waals surface area (Å²) in [6.07, 6.45) is 0. The van der Waals surface area contributed by atoms with E-state index in [1.807, 2.05) is 6.92 Å². The highest BCUT2D eigenvalue weighted by molar-refractivity contribution is 6.33. The quantitative estimate of drug-likeness (QED) is 0.732. The molecule has 1 aromatic heterocycles. The number of nitrogens with one attached hydrogen (secondary N) is 2. The molecule has 0 spiro atoms. The van der Waals surface area contributed by atoms with Crippen LogP contribution in [-0.2, 0) is 0 Å². The van der Waals surface area contributed by atoms with Crippen molar-refractivity contribution in [3.63, 3.8) is 0 Å². The molecule has 0 radical (unpaired) electrons. The molecule has 2 heterocycles. The van der Waals surface area contributed by atoms with E-state index in [0.717, 1.165) is 39.3 Å². The number of aryl methyl sites for hydroxylation is 1. The summed E-state index contributed by atoms with van der Waals surface area (Å²) in [5.74, 6) is 0.873. The van der Waals surface area contributed by atoms with Crippen molar-refractivity contribution in [3.05, 3.63) is 10.7 Å². The number of nitrogens with zero attached hydrogens (tertiary/aromatic N) is 3. The molecule has 4 N–H and O–H groups in total. The Morgan fingerprint density at radius 1 is 1.39 bits per heavy atom. The van der Waals surface area contributed by atoms with Crippen molar-refractivity contribution in [2.45, 2.75) is 6.92 Å². The normalized spacial score (nSPS) is 16.8. The summed E-state index contributed by atoms with van der Waals surface area (Å²) in [6, 6.07) is 0. The maximum Gasteiger partial charge on any atom is 0.222 e. The second-order valence-corrected chi connectivity index (χ2v) is 4.73. The van der Waals surface area contributed by atoms with E-state index in [-0.39, 0.29) is 5.95 Å². The molecule has 1 aliphatic heterocycles. The molecular formula is C11H19ClN6. The molecule has 0 amide bonds. The predicted octanol–water partition coefficient (Wildman–Crippen LogP) is 0.338. The lowest BCUT2D eigenvalue weighted by Gasteiger charge is -2.27. The summed E-state index contributed by atoms with van der Waals surface area (Å²) in [5.41, 5.74) is 6.31. The van der Waals surface area contributed by atoms with Gasteiger partial charge in [-0.1, -0.05) is 11.6 Å². The van der Waals surface area contributed by atoms with E-state index >= 15 is 0 Å². The van der Waals surface area contributed by atoms with Crippen LogP contribution in [0.15, 0.2) is 0 Å². The predicted molar refractivity (Wildman–Crippen MR) is 74.0 cm³/mol. The highest BCUT2D eigenvalue weighted by atomic mass is 35.5. The monoisotopic (exact) mass is 270 g/mol. The van der Waals surface area contributed by atoms with E-state index in [9.17, 15) is 0 Å². The number of hydrogen-bond donors (Lipinski definition) is 3. The summed E-state index contributed by atoms with van der Waals surface area (Å²) in [7, 11) is 0.